The molecule has 0 atom stereocenters. The van der Waals surface area contributed by atoms with Crippen LogP contribution in [-0.4, -0.2) is 52.8 Å². The van der Waals surface area contributed by atoms with Gasteiger partial charge >= 0.3 is 6.18 Å². The van der Waals surface area contributed by atoms with Crippen LogP contribution in [0, 0.1) is 0 Å². The van der Waals surface area contributed by atoms with Crippen LogP contribution >= 0.6 is 0 Å². The summed E-state index contributed by atoms with van der Waals surface area (Å²) in [7, 11) is 0. The molecule has 0 saturated heterocycles. The van der Waals surface area contributed by atoms with Gasteiger partial charge in [-0.2, -0.15) is 13.2 Å². The van der Waals surface area contributed by atoms with E-state index in [1.165, 1.54) is 19.1 Å². The Morgan fingerprint density at radius 2 is 1.65 bits per heavy atom. The molecule has 1 aliphatic rings. The molecule has 0 spiro atoms. The molecule has 0 N–H and O–H groups in total. The predicted molar refractivity (Wildman–Crippen MR) is 160 cm³/mol. The van der Waals surface area contributed by atoms with Gasteiger partial charge in [-0.15, -0.1) is 0 Å². The van der Waals surface area contributed by atoms with E-state index in [0.29, 0.717) is 44.8 Å². The maximum Gasteiger partial charge on any atom is 0.416 e. The topological polar surface area (TPSA) is 56.8 Å². The van der Waals surface area contributed by atoms with Crippen molar-refractivity contribution >= 4 is 17.5 Å². The Labute approximate surface area is 249 Å². The third-order valence-corrected chi connectivity index (χ3v) is 7.62. The third kappa shape index (κ3) is 7.48. The minimum Gasteiger partial charge on any atom is -0.333 e. The number of hydrogen-bond donors (Lipinski definition) is 0. The second-order valence-corrected chi connectivity index (χ2v) is 10.7. The van der Waals surface area contributed by atoms with E-state index in [2.05, 4.69) is 9.88 Å². The number of rotatable bonds is 4. The fraction of sp³-hybridized carbons (Fsp3) is 0.265. The Balaban J connectivity index is 1.55. The summed E-state index contributed by atoms with van der Waals surface area (Å²) in [6, 6.07) is 24.0. The molecule has 43 heavy (non-hydrogen) atoms. The van der Waals surface area contributed by atoms with Gasteiger partial charge in [-0.25, -0.2) is 0 Å². The summed E-state index contributed by atoms with van der Waals surface area (Å²) in [6.07, 6.45) is -0.442. The molecule has 6 nitrogen and oxygen atoms in total. The van der Waals surface area contributed by atoms with Gasteiger partial charge in [-0.1, -0.05) is 48.5 Å². The van der Waals surface area contributed by atoms with Gasteiger partial charge in [0.1, 0.15) is 0 Å². The number of carbonyl (C=O) groups is 2. The van der Waals surface area contributed by atoms with Gasteiger partial charge in [0.2, 0.25) is 5.91 Å². The Morgan fingerprint density at radius 3 is 2.37 bits per heavy atom. The van der Waals surface area contributed by atoms with E-state index >= 15 is 0 Å². The summed E-state index contributed by atoms with van der Waals surface area (Å²) in [5, 5.41) is 0. The standard InChI is InChI=1S/C34H33F3N4O2/c1-25(42)41-17-7-16-39(23-26-8-3-2-4-9-26)18-19-40(33(43)28-10-5-12-31(21-28)34(35,36)37)24-30-20-27(13-14-32(30)41)29-11-6-15-38-22-29/h2-6,8-15,20-22H,7,16-19,23-24H2,1H3. The highest BCUT2D eigenvalue weighted by Crippen LogP contribution is 2.32. The minimum atomic E-state index is -4.57. The van der Waals surface area contributed by atoms with E-state index < -0.39 is 17.6 Å². The normalized spacial score (nSPS) is 15.0. The van der Waals surface area contributed by atoms with Crippen LogP contribution in [0.2, 0.25) is 0 Å². The zero-order chi connectivity index (χ0) is 30.4. The highest BCUT2D eigenvalue weighted by Gasteiger charge is 2.32. The summed E-state index contributed by atoms with van der Waals surface area (Å²) in [4.78, 5) is 36.6. The van der Waals surface area contributed by atoms with E-state index in [4.69, 9.17) is 0 Å². The smallest absolute Gasteiger partial charge is 0.333 e. The lowest BCUT2D eigenvalue weighted by molar-refractivity contribution is -0.137. The number of halogens is 3. The molecule has 0 unspecified atom stereocenters. The summed E-state index contributed by atoms with van der Waals surface area (Å²) < 4.78 is 40.6. The Morgan fingerprint density at radius 1 is 0.837 bits per heavy atom. The Kier molecular flexibility index (Phi) is 9.21. The first-order valence-electron chi connectivity index (χ1n) is 14.2. The quantitative estimate of drug-likeness (QED) is 0.268. The maximum absolute atomic E-state index is 13.9. The van der Waals surface area contributed by atoms with Crippen LogP contribution in [0.5, 0.6) is 0 Å². The number of amides is 2. The number of carbonyl (C=O) groups excluding carboxylic acids is 2. The first-order chi connectivity index (χ1) is 20.7. The van der Waals surface area contributed by atoms with Crippen LogP contribution in [0.4, 0.5) is 18.9 Å². The van der Waals surface area contributed by atoms with Gasteiger partial charge in [0.25, 0.3) is 5.91 Å². The number of benzene rings is 3. The largest absolute Gasteiger partial charge is 0.416 e. The fourth-order valence-electron chi connectivity index (χ4n) is 5.43. The molecular weight excluding hydrogens is 553 g/mol. The van der Waals surface area contributed by atoms with E-state index in [1.807, 2.05) is 60.7 Å². The summed E-state index contributed by atoms with van der Waals surface area (Å²) in [5.74, 6) is -0.628. The number of nitrogens with zero attached hydrogens (tertiary/aromatic N) is 4. The molecule has 0 bridgehead atoms. The van der Waals surface area contributed by atoms with E-state index in [9.17, 15) is 22.8 Å². The molecule has 1 aromatic heterocycles. The van der Waals surface area contributed by atoms with Crippen molar-refractivity contribution in [1.82, 2.24) is 14.8 Å². The van der Waals surface area contributed by atoms with Crippen LogP contribution in [0.3, 0.4) is 0 Å². The molecule has 0 radical (unpaired) electrons. The predicted octanol–water partition coefficient (Wildman–Crippen LogP) is 6.67. The van der Waals surface area contributed by atoms with Crippen LogP contribution in [0.25, 0.3) is 11.1 Å². The van der Waals surface area contributed by atoms with E-state index in [0.717, 1.165) is 34.4 Å². The first kappa shape index (κ1) is 30.0. The van der Waals surface area contributed by atoms with Crippen LogP contribution < -0.4 is 4.90 Å². The zero-order valence-electron chi connectivity index (χ0n) is 23.9. The van der Waals surface area contributed by atoms with E-state index in [1.54, 1.807) is 22.2 Å². The van der Waals surface area contributed by atoms with Crippen LogP contribution in [-0.2, 0) is 24.1 Å². The maximum atomic E-state index is 13.9. The summed E-state index contributed by atoms with van der Waals surface area (Å²) in [5.41, 5.74) is 3.35. The second kappa shape index (κ2) is 13.2. The van der Waals surface area contributed by atoms with Crippen LogP contribution in [0.1, 0.15) is 40.4 Å². The minimum absolute atomic E-state index is 0.0345. The molecule has 3 aromatic carbocycles. The molecular formula is C34H33F3N4O2. The average molecular weight is 587 g/mol. The van der Waals surface area contributed by atoms with Gasteiger partial charge in [0.05, 0.1) is 5.56 Å². The number of fused-ring (bicyclic) bond motifs is 1. The van der Waals surface area contributed by atoms with Crippen molar-refractivity contribution < 1.29 is 22.8 Å². The van der Waals surface area contributed by atoms with Crippen molar-refractivity contribution in [3.8, 4) is 11.1 Å². The molecule has 2 amide bonds. The SMILES string of the molecule is CC(=O)N1CCCN(Cc2ccccc2)CCN(C(=O)c2cccc(C(F)(F)F)c2)Cc2cc(-c3cccnc3)ccc21. The van der Waals surface area contributed by atoms with Crippen molar-refractivity contribution in [2.45, 2.75) is 32.6 Å². The fourth-order valence-corrected chi connectivity index (χ4v) is 5.43. The molecule has 0 saturated carbocycles. The summed E-state index contributed by atoms with van der Waals surface area (Å²) in [6.45, 7) is 4.24. The number of pyridine rings is 1. The number of anilines is 1. The molecule has 222 valence electrons. The lowest BCUT2D eigenvalue weighted by Gasteiger charge is -2.28. The second-order valence-electron chi connectivity index (χ2n) is 10.7. The Hall–Kier alpha value is -4.50. The molecule has 5 rings (SSSR count). The van der Waals surface area contributed by atoms with Gasteiger partial charge in [-0.3, -0.25) is 19.5 Å². The molecule has 2 heterocycles. The number of aromatic nitrogens is 1. The third-order valence-electron chi connectivity index (χ3n) is 7.62. The number of hydrogen-bond acceptors (Lipinski definition) is 4. The number of alkyl halides is 3. The lowest BCUT2D eigenvalue weighted by atomic mass is 10.0. The highest BCUT2D eigenvalue weighted by molar-refractivity contribution is 5.95. The first-order valence-corrected chi connectivity index (χ1v) is 14.2. The van der Waals surface area contributed by atoms with Gasteiger partial charge in [-0.05, 0) is 65.1 Å². The molecule has 0 fully saturated rings. The van der Waals surface area contributed by atoms with Crippen molar-refractivity contribution in [3.63, 3.8) is 0 Å². The van der Waals surface area contributed by atoms with Crippen molar-refractivity contribution in [1.29, 1.82) is 0 Å². The van der Waals surface area contributed by atoms with Gasteiger partial charge in [0.15, 0.2) is 0 Å². The molecule has 0 aliphatic carbocycles. The highest BCUT2D eigenvalue weighted by atomic mass is 19.4. The van der Waals surface area contributed by atoms with Crippen molar-refractivity contribution in [3.05, 3.63) is 120 Å². The van der Waals surface area contributed by atoms with E-state index in [-0.39, 0.29) is 18.0 Å². The van der Waals surface area contributed by atoms with Crippen LogP contribution in [0.15, 0.2) is 97.3 Å². The van der Waals surface area contributed by atoms with Gasteiger partial charge in [0, 0.05) is 69.8 Å². The molecule has 1 aliphatic heterocycles. The van der Waals surface area contributed by atoms with Gasteiger partial charge < -0.3 is 9.80 Å². The monoisotopic (exact) mass is 586 g/mol. The Bertz CT molecular complexity index is 1560. The van der Waals surface area contributed by atoms with Crippen molar-refractivity contribution in [2.24, 2.45) is 0 Å². The summed E-state index contributed by atoms with van der Waals surface area (Å²) >= 11 is 0. The average Bonchev–Trinajstić information content (AvgIpc) is 3.04. The molecule has 9 heteroatoms. The molecule has 4 aromatic rings. The zero-order valence-corrected chi connectivity index (χ0v) is 23.9. The van der Waals surface area contributed by atoms with Crippen molar-refractivity contribution in [2.75, 3.05) is 31.1 Å². The lowest BCUT2D eigenvalue weighted by Crippen LogP contribution is -2.38.